The van der Waals surface area contributed by atoms with Crippen LogP contribution < -0.4 is 0 Å². The lowest BCUT2D eigenvalue weighted by molar-refractivity contribution is -0.0395. The van der Waals surface area contributed by atoms with E-state index in [2.05, 4.69) is 36.4 Å². The van der Waals surface area contributed by atoms with Crippen LogP contribution in [0.25, 0.3) is 0 Å². The van der Waals surface area contributed by atoms with Crippen molar-refractivity contribution in [3.05, 3.63) is 108 Å². The van der Waals surface area contributed by atoms with Crippen molar-refractivity contribution in [2.24, 2.45) is 0 Å². The highest BCUT2D eigenvalue weighted by molar-refractivity contribution is 6.17. The smallest absolute Gasteiger partial charge is 0.143 e. The topological polar surface area (TPSA) is 64.6 Å². The fourth-order valence-electron chi connectivity index (χ4n) is 4.88. The average Bonchev–Trinajstić information content (AvgIpc) is 3.09. The Bertz CT molecular complexity index is 975. The molecule has 0 spiro atoms. The van der Waals surface area contributed by atoms with E-state index in [-0.39, 0.29) is 0 Å². The van der Waals surface area contributed by atoms with Gasteiger partial charge < -0.3 is 33.2 Å². The first-order chi connectivity index (χ1) is 22.4. The van der Waals surface area contributed by atoms with Crippen molar-refractivity contribution in [3.8, 4) is 0 Å². The standard InChI is InChI=1S/C37H51ClO7/c38-20-12-1-2-13-21-39-22-23-40-24-25-41-26-27-42-28-29-43-30-31-44-32-33-45-37(34-14-6-3-7-15-34,35-16-8-4-9-17-35)36-18-10-5-11-19-36/h3-11,14-19H,1-2,12-13,20-33H2. The van der Waals surface area contributed by atoms with Gasteiger partial charge in [0.1, 0.15) is 5.60 Å². The van der Waals surface area contributed by atoms with Gasteiger partial charge in [0.15, 0.2) is 0 Å². The average molecular weight is 643 g/mol. The molecule has 0 saturated heterocycles. The molecule has 0 amide bonds. The van der Waals surface area contributed by atoms with Crippen molar-refractivity contribution in [1.29, 1.82) is 0 Å². The maximum Gasteiger partial charge on any atom is 0.143 e. The maximum atomic E-state index is 6.72. The predicted octanol–water partition coefficient (Wildman–Crippen LogP) is 6.89. The van der Waals surface area contributed by atoms with Gasteiger partial charge in [-0.25, -0.2) is 0 Å². The van der Waals surface area contributed by atoms with Gasteiger partial charge in [-0.05, 0) is 29.5 Å². The molecular weight excluding hydrogens is 592 g/mol. The number of ether oxygens (including phenoxy) is 7. The van der Waals surface area contributed by atoms with Crippen LogP contribution in [-0.2, 0) is 38.8 Å². The Morgan fingerprint density at radius 2 is 0.667 bits per heavy atom. The first-order valence-corrected chi connectivity index (χ1v) is 16.7. The van der Waals surface area contributed by atoms with E-state index in [1.165, 1.54) is 12.8 Å². The zero-order valence-corrected chi connectivity index (χ0v) is 27.4. The lowest BCUT2D eigenvalue weighted by Gasteiger charge is -2.36. The van der Waals surface area contributed by atoms with Crippen LogP contribution in [0.3, 0.4) is 0 Å². The molecule has 45 heavy (non-hydrogen) atoms. The van der Waals surface area contributed by atoms with E-state index in [0.717, 1.165) is 42.0 Å². The monoisotopic (exact) mass is 642 g/mol. The molecule has 0 N–H and O–H groups in total. The highest BCUT2D eigenvalue weighted by atomic mass is 35.5. The molecule has 0 fully saturated rings. The molecule has 7 nitrogen and oxygen atoms in total. The molecule has 3 aromatic rings. The third-order valence-corrected chi connectivity index (χ3v) is 7.39. The lowest BCUT2D eigenvalue weighted by atomic mass is 9.80. The van der Waals surface area contributed by atoms with Crippen molar-refractivity contribution in [1.82, 2.24) is 0 Å². The summed E-state index contributed by atoms with van der Waals surface area (Å²) in [5, 5.41) is 0. The van der Waals surface area contributed by atoms with Gasteiger partial charge in [-0.3, -0.25) is 0 Å². The minimum Gasteiger partial charge on any atom is -0.379 e. The fourth-order valence-corrected chi connectivity index (χ4v) is 5.07. The molecule has 0 aliphatic rings. The number of alkyl halides is 1. The number of rotatable bonds is 28. The van der Waals surface area contributed by atoms with Crippen LogP contribution in [0, 0.1) is 0 Å². The van der Waals surface area contributed by atoms with Gasteiger partial charge in [-0.15, -0.1) is 11.6 Å². The molecule has 0 saturated carbocycles. The van der Waals surface area contributed by atoms with Crippen molar-refractivity contribution in [3.63, 3.8) is 0 Å². The quantitative estimate of drug-likeness (QED) is 0.0485. The van der Waals surface area contributed by atoms with E-state index in [0.29, 0.717) is 79.3 Å². The number of benzene rings is 3. The SMILES string of the molecule is ClCCCCCCOCCOCCOCCOCCOCCOCCOC(c1ccccc1)(c1ccccc1)c1ccccc1. The summed E-state index contributed by atoms with van der Waals surface area (Å²) < 4.78 is 40.4. The van der Waals surface area contributed by atoms with Crippen LogP contribution in [0.2, 0.25) is 0 Å². The second-order valence-corrected chi connectivity index (χ2v) is 10.8. The summed E-state index contributed by atoms with van der Waals surface area (Å²) in [5.74, 6) is 0.745. The molecule has 0 aliphatic heterocycles. The highest BCUT2D eigenvalue weighted by Gasteiger charge is 2.37. The highest BCUT2D eigenvalue weighted by Crippen LogP contribution is 2.40. The molecule has 0 atom stereocenters. The number of unbranched alkanes of at least 4 members (excludes halogenated alkanes) is 3. The minimum atomic E-state index is -0.739. The molecule has 3 rings (SSSR count). The molecule has 0 unspecified atom stereocenters. The van der Waals surface area contributed by atoms with Gasteiger partial charge in [-0.1, -0.05) is 104 Å². The van der Waals surface area contributed by atoms with Gasteiger partial charge in [-0.2, -0.15) is 0 Å². The molecule has 8 heteroatoms. The second kappa shape index (κ2) is 24.8. The Morgan fingerprint density at radius 3 is 1.02 bits per heavy atom. The van der Waals surface area contributed by atoms with Crippen LogP contribution in [0.4, 0.5) is 0 Å². The van der Waals surface area contributed by atoms with Gasteiger partial charge in [0, 0.05) is 12.5 Å². The zero-order chi connectivity index (χ0) is 31.5. The van der Waals surface area contributed by atoms with Crippen LogP contribution in [0.1, 0.15) is 42.4 Å². The zero-order valence-electron chi connectivity index (χ0n) is 26.6. The molecule has 0 aliphatic carbocycles. The summed E-state index contributed by atoms with van der Waals surface area (Å²) >= 11 is 5.67. The Balaban J connectivity index is 1.19. The summed E-state index contributed by atoms with van der Waals surface area (Å²) in [6, 6.07) is 31.1. The molecule has 0 radical (unpaired) electrons. The Labute approximate surface area is 275 Å². The summed E-state index contributed by atoms with van der Waals surface area (Å²) in [7, 11) is 0. The summed E-state index contributed by atoms with van der Waals surface area (Å²) in [6.07, 6.45) is 4.50. The van der Waals surface area contributed by atoms with Crippen LogP contribution in [0.15, 0.2) is 91.0 Å². The van der Waals surface area contributed by atoms with Crippen molar-refractivity contribution < 1.29 is 33.2 Å². The van der Waals surface area contributed by atoms with Crippen LogP contribution in [-0.4, -0.2) is 91.8 Å². The molecule has 0 bridgehead atoms. The molecule has 0 aromatic heterocycles. The van der Waals surface area contributed by atoms with Crippen molar-refractivity contribution in [2.75, 3.05) is 91.8 Å². The first-order valence-electron chi connectivity index (χ1n) is 16.2. The number of hydrogen-bond acceptors (Lipinski definition) is 7. The number of halogens is 1. The number of hydrogen-bond donors (Lipinski definition) is 0. The van der Waals surface area contributed by atoms with E-state index < -0.39 is 5.60 Å². The van der Waals surface area contributed by atoms with Crippen molar-refractivity contribution >= 4 is 11.6 Å². The van der Waals surface area contributed by atoms with E-state index in [1.54, 1.807) is 0 Å². The molecule has 0 heterocycles. The third-order valence-electron chi connectivity index (χ3n) is 7.12. The summed E-state index contributed by atoms with van der Waals surface area (Å²) in [4.78, 5) is 0. The van der Waals surface area contributed by atoms with E-state index in [9.17, 15) is 0 Å². The Kier molecular flexibility index (Phi) is 20.5. The third kappa shape index (κ3) is 14.8. The largest absolute Gasteiger partial charge is 0.379 e. The molecule has 3 aromatic carbocycles. The van der Waals surface area contributed by atoms with E-state index in [4.69, 9.17) is 44.8 Å². The van der Waals surface area contributed by atoms with Gasteiger partial charge in [0.25, 0.3) is 0 Å². The van der Waals surface area contributed by atoms with Crippen molar-refractivity contribution in [2.45, 2.75) is 31.3 Å². The summed E-state index contributed by atoms with van der Waals surface area (Å²) in [5.41, 5.74) is 2.48. The van der Waals surface area contributed by atoms with E-state index in [1.807, 2.05) is 54.6 Å². The Hall–Kier alpha value is -2.33. The van der Waals surface area contributed by atoms with Crippen LogP contribution in [0.5, 0.6) is 0 Å². The van der Waals surface area contributed by atoms with Gasteiger partial charge in [0.2, 0.25) is 0 Å². The normalized spacial score (nSPS) is 11.7. The maximum absolute atomic E-state index is 6.72. The van der Waals surface area contributed by atoms with Gasteiger partial charge in [0.05, 0.1) is 79.3 Å². The minimum absolute atomic E-state index is 0.427. The lowest BCUT2D eigenvalue weighted by Crippen LogP contribution is -2.34. The molecular formula is C37H51ClO7. The predicted molar refractivity (Wildman–Crippen MR) is 179 cm³/mol. The first kappa shape index (κ1) is 37.1. The Morgan fingerprint density at radius 1 is 0.356 bits per heavy atom. The van der Waals surface area contributed by atoms with Gasteiger partial charge >= 0.3 is 0 Å². The van der Waals surface area contributed by atoms with Crippen LogP contribution >= 0.6 is 11.6 Å². The van der Waals surface area contributed by atoms with E-state index >= 15 is 0 Å². The second-order valence-electron chi connectivity index (χ2n) is 10.4. The fraction of sp³-hybridized carbons (Fsp3) is 0.514. The molecule has 248 valence electrons. The summed E-state index contributed by atoms with van der Waals surface area (Å²) in [6.45, 7) is 7.03.